The van der Waals surface area contributed by atoms with E-state index in [1.54, 1.807) is 0 Å². The minimum atomic E-state index is 0.0255. The SMILES string of the molecule is CN(C(=O)NCc1ccccc1OC1CCCC1)C1CCCCC1. The lowest BCUT2D eigenvalue weighted by atomic mass is 9.95. The summed E-state index contributed by atoms with van der Waals surface area (Å²) in [6.45, 7) is 0.527. The van der Waals surface area contributed by atoms with Crippen molar-refractivity contribution in [3.05, 3.63) is 29.8 Å². The molecule has 2 saturated carbocycles. The van der Waals surface area contributed by atoms with Gasteiger partial charge in [0, 0.05) is 25.2 Å². The second-order valence-corrected chi connectivity index (χ2v) is 7.19. The van der Waals surface area contributed by atoms with Crippen LogP contribution in [0.5, 0.6) is 5.75 Å². The topological polar surface area (TPSA) is 41.6 Å². The van der Waals surface area contributed by atoms with Gasteiger partial charge in [0.25, 0.3) is 0 Å². The van der Waals surface area contributed by atoms with Gasteiger partial charge in [0.2, 0.25) is 0 Å². The number of carbonyl (C=O) groups is 1. The molecule has 0 radical (unpaired) electrons. The lowest BCUT2D eigenvalue weighted by molar-refractivity contribution is 0.173. The molecule has 24 heavy (non-hydrogen) atoms. The van der Waals surface area contributed by atoms with Crippen LogP contribution in [0.2, 0.25) is 0 Å². The Labute approximate surface area is 145 Å². The number of hydrogen-bond donors (Lipinski definition) is 1. The van der Waals surface area contributed by atoms with E-state index in [1.807, 2.05) is 36.2 Å². The minimum absolute atomic E-state index is 0.0255. The molecule has 0 aliphatic heterocycles. The maximum Gasteiger partial charge on any atom is 0.317 e. The molecule has 1 aromatic carbocycles. The number of para-hydroxylation sites is 1. The van der Waals surface area contributed by atoms with E-state index in [1.165, 1.54) is 32.1 Å². The molecule has 132 valence electrons. The molecule has 1 N–H and O–H groups in total. The van der Waals surface area contributed by atoms with Crippen molar-refractivity contribution in [3.63, 3.8) is 0 Å². The lowest BCUT2D eigenvalue weighted by Gasteiger charge is -2.31. The number of nitrogens with one attached hydrogen (secondary N) is 1. The van der Waals surface area contributed by atoms with Crippen molar-refractivity contribution in [1.29, 1.82) is 0 Å². The van der Waals surface area contributed by atoms with E-state index in [2.05, 4.69) is 5.32 Å². The van der Waals surface area contributed by atoms with Crippen LogP contribution >= 0.6 is 0 Å². The summed E-state index contributed by atoms with van der Waals surface area (Å²) in [7, 11) is 1.92. The maximum atomic E-state index is 12.4. The number of urea groups is 1. The summed E-state index contributed by atoms with van der Waals surface area (Å²) in [4.78, 5) is 14.3. The van der Waals surface area contributed by atoms with Crippen LogP contribution in [0.1, 0.15) is 63.4 Å². The number of benzene rings is 1. The Morgan fingerprint density at radius 1 is 1.08 bits per heavy atom. The second-order valence-electron chi connectivity index (χ2n) is 7.19. The fourth-order valence-corrected chi connectivity index (χ4v) is 3.88. The van der Waals surface area contributed by atoms with Gasteiger partial charge < -0.3 is 15.0 Å². The zero-order chi connectivity index (χ0) is 16.8. The van der Waals surface area contributed by atoms with Crippen molar-refractivity contribution in [3.8, 4) is 5.75 Å². The zero-order valence-corrected chi connectivity index (χ0v) is 14.8. The molecule has 2 aliphatic rings. The predicted octanol–water partition coefficient (Wildman–Crippen LogP) is 4.48. The van der Waals surface area contributed by atoms with E-state index in [0.717, 1.165) is 37.0 Å². The number of hydrogen-bond acceptors (Lipinski definition) is 2. The standard InChI is InChI=1S/C20H30N2O2/c1-22(17-10-3-2-4-11-17)20(23)21-15-16-9-5-8-14-19(16)24-18-12-6-7-13-18/h5,8-9,14,17-18H,2-4,6-7,10-13,15H2,1H3,(H,21,23). The molecule has 4 nitrogen and oxygen atoms in total. The van der Waals surface area contributed by atoms with Crippen molar-refractivity contribution in [2.24, 2.45) is 0 Å². The third-order valence-corrected chi connectivity index (χ3v) is 5.44. The van der Waals surface area contributed by atoms with Crippen LogP contribution in [0.25, 0.3) is 0 Å². The third kappa shape index (κ3) is 4.43. The second kappa shape index (κ2) is 8.41. The molecule has 0 saturated heterocycles. The van der Waals surface area contributed by atoms with Crippen molar-refractivity contribution < 1.29 is 9.53 Å². The van der Waals surface area contributed by atoms with E-state index in [9.17, 15) is 4.79 Å². The van der Waals surface area contributed by atoms with Crippen molar-refractivity contribution in [2.75, 3.05) is 7.05 Å². The number of amides is 2. The largest absolute Gasteiger partial charge is 0.490 e. The van der Waals surface area contributed by atoms with Crippen LogP contribution in [0.3, 0.4) is 0 Å². The van der Waals surface area contributed by atoms with Gasteiger partial charge in [0.1, 0.15) is 5.75 Å². The normalized spacial score (nSPS) is 19.2. The fraction of sp³-hybridized carbons (Fsp3) is 0.650. The summed E-state index contributed by atoms with van der Waals surface area (Å²) in [5.74, 6) is 0.921. The molecule has 2 aliphatic carbocycles. The highest BCUT2D eigenvalue weighted by Crippen LogP contribution is 2.27. The van der Waals surface area contributed by atoms with Crippen LogP contribution < -0.4 is 10.1 Å². The van der Waals surface area contributed by atoms with E-state index >= 15 is 0 Å². The van der Waals surface area contributed by atoms with E-state index < -0.39 is 0 Å². The number of carbonyl (C=O) groups excluding carboxylic acids is 1. The molecule has 1 aromatic rings. The molecule has 0 spiro atoms. The van der Waals surface area contributed by atoms with Crippen LogP contribution in [0, 0.1) is 0 Å². The van der Waals surface area contributed by atoms with E-state index in [4.69, 9.17) is 4.74 Å². The fourth-order valence-electron chi connectivity index (χ4n) is 3.88. The third-order valence-electron chi connectivity index (χ3n) is 5.44. The van der Waals surface area contributed by atoms with Gasteiger partial charge in [-0.2, -0.15) is 0 Å². The average Bonchev–Trinajstić information content (AvgIpc) is 3.14. The van der Waals surface area contributed by atoms with E-state index in [-0.39, 0.29) is 6.03 Å². The first kappa shape index (κ1) is 17.1. The molecule has 0 unspecified atom stereocenters. The molecular formula is C20H30N2O2. The Balaban J connectivity index is 1.54. The van der Waals surface area contributed by atoms with Gasteiger partial charge in [-0.1, -0.05) is 37.5 Å². The van der Waals surface area contributed by atoms with Crippen LogP contribution in [-0.2, 0) is 6.54 Å². The molecule has 2 fully saturated rings. The maximum absolute atomic E-state index is 12.4. The van der Waals surface area contributed by atoms with Crippen LogP contribution in [0.15, 0.2) is 24.3 Å². The number of rotatable bonds is 5. The summed E-state index contributed by atoms with van der Waals surface area (Å²) >= 11 is 0. The molecule has 0 bridgehead atoms. The number of nitrogens with zero attached hydrogens (tertiary/aromatic N) is 1. The van der Waals surface area contributed by atoms with E-state index in [0.29, 0.717) is 18.7 Å². The molecule has 0 heterocycles. The summed E-state index contributed by atoms with van der Waals surface area (Å²) in [5, 5.41) is 3.07. The molecular weight excluding hydrogens is 300 g/mol. The Bertz CT molecular complexity index is 534. The first-order valence-corrected chi connectivity index (χ1v) is 9.49. The lowest BCUT2D eigenvalue weighted by Crippen LogP contribution is -2.44. The Morgan fingerprint density at radius 3 is 2.50 bits per heavy atom. The molecule has 2 amide bonds. The summed E-state index contributed by atoms with van der Waals surface area (Å²) in [6.07, 6.45) is 11.2. The first-order valence-electron chi connectivity index (χ1n) is 9.49. The van der Waals surface area contributed by atoms with Gasteiger partial charge in [0.15, 0.2) is 0 Å². The highest BCUT2D eigenvalue weighted by molar-refractivity contribution is 5.74. The van der Waals surface area contributed by atoms with Crippen molar-refractivity contribution >= 4 is 6.03 Å². The summed E-state index contributed by atoms with van der Waals surface area (Å²) in [5.41, 5.74) is 1.06. The highest BCUT2D eigenvalue weighted by atomic mass is 16.5. The minimum Gasteiger partial charge on any atom is -0.490 e. The predicted molar refractivity (Wildman–Crippen MR) is 96.2 cm³/mol. The summed E-state index contributed by atoms with van der Waals surface area (Å²) in [6, 6.07) is 8.49. The highest BCUT2D eigenvalue weighted by Gasteiger charge is 2.22. The summed E-state index contributed by atoms with van der Waals surface area (Å²) < 4.78 is 6.15. The molecule has 0 aromatic heterocycles. The molecule has 3 rings (SSSR count). The molecule has 0 atom stereocenters. The smallest absolute Gasteiger partial charge is 0.317 e. The van der Waals surface area contributed by atoms with Crippen LogP contribution in [0.4, 0.5) is 4.79 Å². The van der Waals surface area contributed by atoms with Gasteiger partial charge >= 0.3 is 6.03 Å². The monoisotopic (exact) mass is 330 g/mol. The quantitative estimate of drug-likeness (QED) is 0.864. The Hall–Kier alpha value is -1.71. The van der Waals surface area contributed by atoms with Gasteiger partial charge in [-0.05, 0) is 44.6 Å². The van der Waals surface area contributed by atoms with Gasteiger partial charge in [-0.3, -0.25) is 0 Å². The Kier molecular flexibility index (Phi) is 6.00. The van der Waals surface area contributed by atoms with Crippen LogP contribution in [-0.4, -0.2) is 30.1 Å². The average molecular weight is 330 g/mol. The van der Waals surface area contributed by atoms with Gasteiger partial charge in [-0.15, -0.1) is 0 Å². The zero-order valence-electron chi connectivity index (χ0n) is 14.8. The molecule has 4 heteroatoms. The first-order chi connectivity index (χ1) is 11.7. The Morgan fingerprint density at radius 2 is 1.75 bits per heavy atom. The van der Waals surface area contributed by atoms with Crippen molar-refractivity contribution in [2.45, 2.75) is 76.5 Å². The van der Waals surface area contributed by atoms with Gasteiger partial charge in [0.05, 0.1) is 6.10 Å². The van der Waals surface area contributed by atoms with Crippen molar-refractivity contribution in [1.82, 2.24) is 10.2 Å². The van der Waals surface area contributed by atoms with Gasteiger partial charge in [-0.25, -0.2) is 4.79 Å². The number of ether oxygens (including phenoxy) is 1.